The summed E-state index contributed by atoms with van der Waals surface area (Å²) in [6.07, 6.45) is 2.28. The molecule has 0 unspecified atom stereocenters. The summed E-state index contributed by atoms with van der Waals surface area (Å²) < 4.78 is 40.5. The molecule has 1 saturated heterocycles. The lowest BCUT2D eigenvalue weighted by Gasteiger charge is -2.36. The third-order valence-corrected chi connectivity index (χ3v) is 6.49. The monoisotopic (exact) mass is 486 g/mol. The van der Waals surface area contributed by atoms with Gasteiger partial charge >= 0.3 is 6.18 Å². The first kappa shape index (κ1) is 24.8. The summed E-state index contributed by atoms with van der Waals surface area (Å²) in [5.41, 5.74) is 5.73. The van der Waals surface area contributed by atoms with Gasteiger partial charge in [0.1, 0.15) is 0 Å². The van der Waals surface area contributed by atoms with Crippen LogP contribution in [-0.4, -0.2) is 54.0 Å². The van der Waals surface area contributed by atoms with Crippen LogP contribution in [0.3, 0.4) is 0 Å². The maximum atomic E-state index is 13.0. The third-order valence-electron chi connectivity index (χ3n) is 6.49. The Hall–Kier alpha value is -3.33. The standard InChI is InChI=1S/C26H29F3N4O2/c27-26(28,29)22-5-4-6-23(16-22)32-13-11-31(12-14-32)10-3-1-2-7-24(34)33-17-20-9-8-19(25(30)35)15-21(20)18-33/h4-6,8-9,15-18H,1-3,7,10-14H2,(H2,30,35). The number of hydrogen-bond acceptors (Lipinski definition) is 4. The molecule has 186 valence electrons. The summed E-state index contributed by atoms with van der Waals surface area (Å²) in [4.78, 5) is 28.2. The summed E-state index contributed by atoms with van der Waals surface area (Å²) in [6.45, 7) is 3.90. The summed E-state index contributed by atoms with van der Waals surface area (Å²) in [5, 5.41) is 1.69. The minimum atomic E-state index is -4.33. The quantitative estimate of drug-likeness (QED) is 0.465. The first-order valence-electron chi connectivity index (χ1n) is 11.8. The zero-order chi connectivity index (χ0) is 25.0. The average molecular weight is 487 g/mol. The van der Waals surface area contributed by atoms with E-state index in [1.54, 1.807) is 41.2 Å². The number of hydrogen-bond donors (Lipinski definition) is 1. The number of unbranched alkanes of at least 4 members (excludes halogenated alkanes) is 2. The van der Waals surface area contributed by atoms with E-state index in [1.165, 1.54) is 12.1 Å². The molecule has 2 heterocycles. The molecule has 2 N–H and O–H groups in total. The summed E-state index contributed by atoms with van der Waals surface area (Å²) >= 11 is 0. The highest BCUT2D eigenvalue weighted by molar-refractivity contribution is 5.98. The Balaban J connectivity index is 1.17. The van der Waals surface area contributed by atoms with Crippen molar-refractivity contribution >= 4 is 28.3 Å². The van der Waals surface area contributed by atoms with E-state index >= 15 is 0 Å². The Bertz CT molecular complexity index is 1200. The predicted molar refractivity (Wildman–Crippen MR) is 130 cm³/mol. The second kappa shape index (κ2) is 10.5. The van der Waals surface area contributed by atoms with E-state index in [2.05, 4.69) is 4.90 Å². The molecule has 0 atom stereocenters. The molecule has 0 spiro atoms. The predicted octanol–water partition coefficient (Wildman–Crippen LogP) is 4.78. The van der Waals surface area contributed by atoms with Crippen molar-refractivity contribution in [3.05, 3.63) is 66.0 Å². The SMILES string of the molecule is NC(=O)c1ccc2cn(C(=O)CCCCCN3CCN(c4cccc(C(F)(F)F)c4)CC3)cc2c1. The zero-order valence-corrected chi connectivity index (χ0v) is 19.4. The van der Waals surface area contributed by atoms with Gasteiger partial charge in [0.05, 0.1) is 5.56 Å². The number of benzene rings is 2. The number of alkyl halides is 3. The van der Waals surface area contributed by atoms with Crippen LogP contribution in [0.15, 0.2) is 54.9 Å². The number of halogens is 3. The Morgan fingerprint density at radius 3 is 2.34 bits per heavy atom. The lowest BCUT2D eigenvalue weighted by atomic mass is 10.1. The number of amides is 1. The van der Waals surface area contributed by atoms with Crippen molar-refractivity contribution in [1.82, 2.24) is 9.47 Å². The van der Waals surface area contributed by atoms with E-state index in [1.807, 2.05) is 4.90 Å². The summed E-state index contributed by atoms with van der Waals surface area (Å²) in [5.74, 6) is -0.487. The molecule has 6 nitrogen and oxygen atoms in total. The van der Waals surface area contributed by atoms with Crippen LogP contribution in [0.25, 0.3) is 10.8 Å². The number of rotatable bonds is 8. The largest absolute Gasteiger partial charge is 0.416 e. The highest BCUT2D eigenvalue weighted by atomic mass is 19.4. The van der Waals surface area contributed by atoms with E-state index in [0.717, 1.165) is 55.7 Å². The molecule has 2 aromatic carbocycles. The lowest BCUT2D eigenvalue weighted by Crippen LogP contribution is -2.46. The lowest BCUT2D eigenvalue weighted by molar-refractivity contribution is -0.137. The van der Waals surface area contributed by atoms with Crippen LogP contribution in [0.5, 0.6) is 0 Å². The Morgan fingerprint density at radius 2 is 1.63 bits per heavy atom. The van der Waals surface area contributed by atoms with E-state index < -0.39 is 17.6 Å². The molecule has 0 bridgehead atoms. The van der Waals surface area contributed by atoms with E-state index in [9.17, 15) is 22.8 Å². The van der Waals surface area contributed by atoms with Crippen molar-refractivity contribution in [3.63, 3.8) is 0 Å². The molecule has 0 aliphatic carbocycles. The molecule has 4 rings (SSSR count). The smallest absolute Gasteiger partial charge is 0.369 e. The average Bonchev–Trinajstić information content (AvgIpc) is 3.27. The summed E-state index contributed by atoms with van der Waals surface area (Å²) in [6, 6.07) is 10.6. The number of primary amides is 1. The molecule has 0 saturated carbocycles. The van der Waals surface area contributed by atoms with Crippen LogP contribution < -0.4 is 10.6 Å². The molecule has 35 heavy (non-hydrogen) atoms. The minimum absolute atomic E-state index is 0.0107. The van der Waals surface area contributed by atoms with E-state index in [4.69, 9.17) is 5.73 Å². The first-order valence-corrected chi connectivity index (χ1v) is 11.8. The maximum Gasteiger partial charge on any atom is 0.416 e. The fourth-order valence-electron chi connectivity index (χ4n) is 4.46. The fourth-order valence-corrected chi connectivity index (χ4v) is 4.46. The van der Waals surface area contributed by atoms with Gasteiger partial charge in [0.15, 0.2) is 0 Å². The van der Waals surface area contributed by atoms with E-state index in [0.29, 0.717) is 30.8 Å². The summed E-state index contributed by atoms with van der Waals surface area (Å²) in [7, 11) is 0. The van der Waals surface area contributed by atoms with E-state index in [-0.39, 0.29) is 5.91 Å². The van der Waals surface area contributed by atoms with Crippen molar-refractivity contribution in [1.29, 1.82) is 0 Å². The van der Waals surface area contributed by atoms with Gasteiger partial charge in [-0.2, -0.15) is 13.2 Å². The number of nitrogens with zero attached hydrogens (tertiary/aromatic N) is 3. The highest BCUT2D eigenvalue weighted by Crippen LogP contribution is 2.32. The number of carbonyl (C=O) groups excluding carboxylic acids is 2. The van der Waals surface area contributed by atoms with Crippen LogP contribution in [0.2, 0.25) is 0 Å². The van der Waals surface area contributed by atoms with Crippen molar-refractivity contribution in [3.8, 4) is 0 Å². The third kappa shape index (κ3) is 6.22. The molecule has 3 aromatic rings. The highest BCUT2D eigenvalue weighted by Gasteiger charge is 2.31. The molecule has 1 amide bonds. The number of aromatic nitrogens is 1. The van der Waals surface area contributed by atoms with Gasteiger partial charge in [-0.05, 0) is 55.1 Å². The van der Waals surface area contributed by atoms with Gasteiger partial charge in [0.2, 0.25) is 11.8 Å². The molecule has 1 aliphatic rings. The van der Waals surface area contributed by atoms with Crippen LogP contribution in [0, 0.1) is 0 Å². The Morgan fingerprint density at radius 1 is 0.886 bits per heavy atom. The topological polar surface area (TPSA) is 71.6 Å². The second-order valence-electron chi connectivity index (χ2n) is 8.95. The Labute approximate surface area is 202 Å². The molecular weight excluding hydrogens is 457 g/mol. The number of fused-ring (bicyclic) bond motifs is 1. The minimum Gasteiger partial charge on any atom is -0.369 e. The van der Waals surface area contributed by atoms with Gasteiger partial charge in [-0.15, -0.1) is 0 Å². The van der Waals surface area contributed by atoms with Gasteiger partial charge in [0.25, 0.3) is 0 Å². The molecule has 1 fully saturated rings. The number of carbonyl (C=O) groups is 2. The van der Waals surface area contributed by atoms with Crippen LogP contribution in [0.1, 0.15) is 46.4 Å². The molecule has 1 aliphatic heterocycles. The molecule has 1 aromatic heterocycles. The number of piperazine rings is 1. The van der Waals surface area contributed by atoms with Crippen LogP contribution >= 0.6 is 0 Å². The molecule has 0 radical (unpaired) electrons. The number of anilines is 1. The molecule has 9 heteroatoms. The zero-order valence-electron chi connectivity index (χ0n) is 19.4. The van der Waals surface area contributed by atoms with Gasteiger partial charge in [-0.25, -0.2) is 0 Å². The van der Waals surface area contributed by atoms with Crippen molar-refractivity contribution in [2.75, 3.05) is 37.6 Å². The maximum absolute atomic E-state index is 13.0. The van der Waals surface area contributed by atoms with Crippen molar-refractivity contribution in [2.24, 2.45) is 5.73 Å². The number of nitrogens with two attached hydrogens (primary N) is 1. The van der Waals surface area contributed by atoms with Gasteiger partial charge in [-0.3, -0.25) is 19.1 Å². The second-order valence-corrected chi connectivity index (χ2v) is 8.95. The van der Waals surface area contributed by atoms with Gasteiger partial charge in [0, 0.05) is 61.6 Å². The Kier molecular flexibility index (Phi) is 7.45. The normalized spacial score (nSPS) is 15.0. The molecular formula is C26H29F3N4O2. The fraction of sp³-hybridized carbons (Fsp3) is 0.385. The van der Waals surface area contributed by atoms with Gasteiger partial charge in [-0.1, -0.05) is 18.6 Å². The van der Waals surface area contributed by atoms with Crippen LogP contribution in [0.4, 0.5) is 18.9 Å². The van der Waals surface area contributed by atoms with Crippen LogP contribution in [-0.2, 0) is 6.18 Å². The van der Waals surface area contributed by atoms with Crippen molar-refractivity contribution in [2.45, 2.75) is 31.9 Å². The first-order chi connectivity index (χ1) is 16.7. The van der Waals surface area contributed by atoms with Gasteiger partial charge < -0.3 is 10.6 Å². The van der Waals surface area contributed by atoms with Crippen molar-refractivity contribution < 1.29 is 22.8 Å².